The first-order valence-electron chi connectivity index (χ1n) is 9.31. The predicted octanol–water partition coefficient (Wildman–Crippen LogP) is 3.56. The molecule has 1 amide bonds. The van der Waals surface area contributed by atoms with E-state index in [9.17, 15) is 4.79 Å². The smallest absolute Gasteiger partial charge is 0.224 e. The van der Waals surface area contributed by atoms with Crippen LogP contribution in [0.15, 0.2) is 42.5 Å². The number of rotatable bonds is 5. The average Bonchev–Trinajstić information content (AvgIpc) is 2.65. The van der Waals surface area contributed by atoms with Gasteiger partial charge in [0.1, 0.15) is 0 Å². The van der Waals surface area contributed by atoms with Gasteiger partial charge in [0.05, 0.1) is 25.7 Å². The van der Waals surface area contributed by atoms with E-state index in [1.54, 1.807) is 0 Å². The van der Waals surface area contributed by atoms with Crippen LogP contribution in [0.25, 0.3) is 0 Å². The second-order valence-corrected chi connectivity index (χ2v) is 7.09. The molecule has 0 aliphatic carbocycles. The van der Waals surface area contributed by atoms with Gasteiger partial charge in [-0.05, 0) is 49.6 Å². The van der Waals surface area contributed by atoms with Crippen molar-refractivity contribution >= 4 is 11.6 Å². The highest BCUT2D eigenvalue weighted by molar-refractivity contribution is 5.79. The Morgan fingerprint density at radius 1 is 1.12 bits per heavy atom. The van der Waals surface area contributed by atoms with E-state index in [0.717, 1.165) is 43.0 Å². The summed E-state index contributed by atoms with van der Waals surface area (Å²) in [5.74, 6) is 0.0588. The molecule has 0 radical (unpaired) electrons. The summed E-state index contributed by atoms with van der Waals surface area (Å²) in [7, 11) is 0. The number of carbonyl (C=O) groups is 1. The number of aryl methyl sites for hydroxylation is 2. The van der Waals surface area contributed by atoms with Crippen LogP contribution in [0, 0.1) is 13.8 Å². The molecule has 1 aliphatic rings. The molecule has 1 aliphatic heterocycles. The number of nitrogens with one attached hydrogen (secondary N) is 1. The molecule has 1 fully saturated rings. The number of hydrogen-bond donors (Lipinski definition) is 1. The third kappa shape index (κ3) is 4.64. The number of amides is 1. The summed E-state index contributed by atoms with van der Waals surface area (Å²) in [6.07, 6.45) is 0.420. The Morgan fingerprint density at radius 2 is 1.81 bits per heavy atom. The molecule has 3 rings (SSSR count). The molecule has 1 N–H and O–H groups in total. The van der Waals surface area contributed by atoms with Gasteiger partial charge in [0, 0.05) is 18.8 Å². The highest BCUT2D eigenvalue weighted by Gasteiger charge is 2.14. The minimum Gasteiger partial charge on any atom is -0.378 e. The number of carbonyl (C=O) groups excluding carboxylic acids is 1. The van der Waals surface area contributed by atoms with Crippen LogP contribution in [0.4, 0.5) is 5.69 Å². The van der Waals surface area contributed by atoms with Crippen LogP contribution in [-0.4, -0.2) is 32.2 Å². The van der Waals surface area contributed by atoms with Gasteiger partial charge in [-0.3, -0.25) is 4.79 Å². The van der Waals surface area contributed by atoms with Gasteiger partial charge in [-0.25, -0.2) is 0 Å². The fourth-order valence-corrected chi connectivity index (χ4v) is 3.33. The summed E-state index contributed by atoms with van der Waals surface area (Å²) in [6.45, 7) is 9.57. The molecule has 138 valence electrons. The average molecular weight is 352 g/mol. The van der Waals surface area contributed by atoms with E-state index in [1.165, 1.54) is 11.3 Å². The molecule has 1 heterocycles. The van der Waals surface area contributed by atoms with Crippen molar-refractivity contribution in [3.8, 4) is 0 Å². The third-order valence-electron chi connectivity index (χ3n) is 5.00. The van der Waals surface area contributed by atoms with E-state index < -0.39 is 0 Å². The fraction of sp³-hybridized carbons (Fsp3) is 0.409. The lowest BCUT2D eigenvalue weighted by Gasteiger charge is -2.29. The van der Waals surface area contributed by atoms with E-state index in [0.29, 0.717) is 6.42 Å². The van der Waals surface area contributed by atoms with Crippen LogP contribution in [0.2, 0.25) is 0 Å². The normalized spacial score (nSPS) is 15.6. The van der Waals surface area contributed by atoms with E-state index in [-0.39, 0.29) is 11.9 Å². The quantitative estimate of drug-likeness (QED) is 0.895. The maximum Gasteiger partial charge on any atom is 0.224 e. The van der Waals surface area contributed by atoms with Crippen LogP contribution >= 0.6 is 0 Å². The molecule has 0 spiro atoms. The first-order valence-corrected chi connectivity index (χ1v) is 9.31. The second kappa shape index (κ2) is 8.37. The summed E-state index contributed by atoms with van der Waals surface area (Å²) >= 11 is 0. The SMILES string of the molecule is Cc1ccc(C)c(CC(=O)N[C@@H](C)c2ccc(N3CCOCC3)cc2)c1. The van der Waals surface area contributed by atoms with E-state index in [1.807, 2.05) is 6.92 Å². The van der Waals surface area contributed by atoms with Gasteiger partial charge in [0.2, 0.25) is 5.91 Å². The van der Waals surface area contributed by atoms with Crippen LogP contribution in [0.3, 0.4) is 0 Å². The standard InChI is InChI=1S/C22H28N2O2/c1-16-4-5-17(2)20(14-16)15-22(25)23-18(3)19-6-8-21(9-7-19)24-10-12-26-13-11-24/h4-9,14,18H,10-13,15H2,1-3H3,(H,23,25)/t18-/m0/s1. The molecule has 26 heavy (non-hydrogen) atoms. The Bertz CT molecular complexity index is 749. The molecule has 1 atom stereocenters. The van der Waals surface area contributed by atoms with E-state index in [2.05, 4.69) is 66.5 Å². The number of hydrogen-bond acceptors (Lipinski definition) is 3. The molecule has 0 bridgehead atoms. The Labute approximate surface area is 156 Å². The van der Waals surface area contributed by atoms with Crippen molar-refractivity contribution in [3.63, 3.8) is 0 Å². The molecule has 1 saturated heterocycles. The molecule has 2 aromatic carbocycles. The van der Waals surface area contributed by atoms with Crippen molar-refractivity contribution in [2.24, 2.45) is 0 Å². The minimum absolute atomic E-state index is 0.00801. The molecule has 2 aromatic rings. The maximum absolute atomic E-state index is 12.4. The minimum atomic E-state index is -0.00801. The summed E-state index contributed by atoms with van der Waals surface area (Å²) in [5, 5.41) is 3.12. The molecular weight excluding hydrogens is 324 g/mol. The van der Waals surface area contributed by atoms with Crippen molar-refractivity contribution in [1.29, 1.82) is 0 Å². The molecular formula is C22H28N2O2. The van der Waals surface area contributed by atoms with Crippen molar-refractivity contribution < 1.29 is 9.53 Å². The monoisotopic (exact) mass is 352 g/mol. The zero-order chi connectivity index (χ0) is 18.5. The topological polar surface area (TPSA) is 41.6 Å². The van der Waals surface area contributed by atoms with Crippen LogP contribution in [0.1, 0.15) is 35.2 Å². The number of nitrogens with zero attached hydrogens (tertiary/aromatic N) is 1. The van der Waals surface area contributed by atoms with Gasteiger partial charge >= 0.3 is 0 Å². The number of ether oxygens (including phenoxy) is 1. The van der Waals surface area contributed by atoms with Crippen LogP contribution in [0.5, 0.6) is 0 Å². The Hall–Kier alpha value is -2.33. The summed E-state index contributed by atoms with van der Waals surface area (Å²) < 4.78 is 5.40. The Kier molecular flexibility index (Phi) is 5.94. The van der Waals surface area contributed by atoms with Crippen LogP contribution in [-0.2, 0) is 16.0 Å². The van der Waals surface area contributed by atoms with Gasteiger partial charge in [-0.2, -0.15) is 0 Å². The van der Waals surface area contributed by atoms with Crippen molar-refractivity contribution in [2.45, 2.75) is 33.2 Å². The molecule has 4 heteroatoms. The lowest BCUT2D eigenvalue weighted by Crippen LogP contribution is -2.36. The first kappa shape index (κ1) is 18.5. The van der Waals surface area contributed by atoms with E-state index >= 15 is 0 Å². The summed E-state index contributed by atoms with van der Waals surface area (Å²) in [6, 6.07) is 14.7. The van der Waals surface area contributed by atoms with Crippen molar-refractivity contribution in [1.82, 2.24) is 5.32 Å². The lowest BCUT2D eigenvalue weighted by molar-refractivity contribution is -0.121. The number of anilines is 1. The summed E-state index contributed by atoms with van der Waals surface area (Å²) in [5.41, 5.74) is 5.78. The number of benzene rings is 2. The Morgan fingerprint density at radius 3 is 2.50 bits per heavy atom. The zero-order valence-corrected chi connectivity index (χ0v) is 15.9. The third-order valence-corrected chi connectivity index (χ3v) is 5.00. The van der Waals surface area contributed by atoms with Gasteiger partial charge in [0.25, 0.3) is 0 Å². The largest absolute Gasteiger partial charge is 0.378 e. The summed E-state index contributed by atoms with van der Waals surface area (Å²) in [4.78, 5) is 14.8. The van der Waals surface area contributed by atoms with E-state index in [4.69, 9.17) is 4.74 Å². The fourth-order valence-electron chi connectivity index (χ4n) is 3.33. The van der Waals surface area contributed by atoms with Gasteiger partial charge in [-0.15, -0.1) is 0 Å². The van der Waals surface area contributed by atoms with Crippen molar-refractivity contribution in [3.05, 3.63) is 64.7 Å². The maximum atomic E-state index is 12.4. The highest BCUT2D eigenvalue weighted by atomic mass is 16.5. The van der Waals surface area contributed by atoms with Crippen molar-refractivity contribution in [2.75, 3.05) is 31.2 Å². The van der Waals surface area contributed by atoms with Crippen LogP contribution < -0.4 is 10.2 Å². The second-order valence-electron chi connectivity index (χ2n) is 7.09. The molecule has 0 saturated carbocycles. The predicted molar refractivity (Wildman–Crippen MR) is 106 cm³/mol. The molecule has 0 unspecified atom stereocenters. The lowest BCUT2D eigenvalue weighted by atomic mass is 10.0. The highest BCUT2D eigenvalue weighted by Crippen LogP contribution is 2.20. The Balaban J connectivity index is 1.59. The first-order chi connectivity index (χ1) is 12.5. The van der Waals surface area contributed by atoms with Gasteiger partial charge in [-0.1, -0.05) is 35.9 Å². The molecule has 0 aromatic heterocycles. The zero-order valence-electron chi connectivity index (χ0n) is 15.9. The van der Waals surface area contributed by atoms with Gasteiger partial charge in [0.15, 0.2) is 0 Å². The van der Waals surface area contributed by atoms with Gasteiger partial charge < -0.3 is 15.0 Å². The molecule has 4 nitrogen and oxygen atoms in total. The number of morpholine rings is 1.